The van der Waals surface area contributed by atoms with Crippen molar-refractivity contribution in [1.82, 2.24) is 4.90 Å². The summed E-state index contributed by atoms with van der Waals surface area (Å²) in [6.07, 6.45) is 5.67. The van der Waals surface area contributed by atoms with Crippen LogP contribution in [0, 0.1) is 0 Å². The summed E-state index contributed by atoms with van der Waals surface area (Å²) in [5, 5.41) is 1.00. The number of allylic oxidation sites excluding steroid dienone is 1. The lowest BCUT2D eigenvalue weighted by molar-refractivity contribution is -0.124. The third-order valence-corrected chi connectivity index (χ3v) is 5.79. The first-order valence-corrected chi connectivity index (χ1v) is 10.8. The Morgan fingerprint density at radius 1 is 1.24 bits per heavy atom. The van der Waals surface area contributed by atoms with Gasteiger partial charge in [0.05, 0.1) is 12.9 Å². The third kappa shape index (κ3) is 4.10. The first-order valence-electron chi connectivity index (χ1n) is 9.98. The average molecular weight is 454 g/mol. The average Bonchev–Trinajstić information content (AvgIpc) is 3.37. The predicted octanol–water partition coefficient (Wildman–Crippen LogP) is 6.29. The molecular weight excluding hydrogens is 430 g/mol. The number of hydrogen-bond donors (Lipinski definition) is 0. The standard InChI is InChI=1S/C24H24BrNO3/c1-3-28-22-14-23-20(21(15-29-23)17-7-6-8-18(25)12-17)13-19(22)16(2)11-24(27)26-9-4-5-10-26/h6-8,11-15H,3-5,9-10H2,1-2H3/b16-11+. The van der Waals surface area contributed by atoms with Gasteiger partial charge in [0.15, 0.2) is 0 Å². The fourth-order valence-electron chi connectivity index (χ4n) is 3.81. The summed E-state index contributed by atoms with van der Waals surface area (Å²) in [7, 11) is 0. The highest BCUT2D eigenvalue weighted by atomic mass is 79.9. The molecule has 0 atom stereocenters. The minimum absolute atomic E-state index is 0.0713. The van der Waals surface area contributed by atoms with Crippen LogP contribution in [0.2, 0.25) is 0 Å². The molecule has 0 unspecified atom stereocenters. The van der Waals surface area contributed by atoms with Crippen LogP contribution in [0.3, 0.4) is 0 Å². The summed E-state index contributed by atoms with van der Waals surface area (Å²) in [4.78, 5) is 14.5. The molecule has 0 bridgehead atoms. The number of carbonyl (C=O) groups is 1. The molecule has 1 aliphatic rings. The van der Waals surface area contributed by atoms with Crippen LogP contribution in [-0.4, -0.2) is 30.5 Å². The number of halogens is 1. The topological polar surface area (TPSA) is 42.7 Å². The Labute approximate surface area is 179 Å². The predicted molar refractivity (Wildman–Crippen MR) is 120 cm³/mol. The first-order chi connectivity index (χ1) is 14.1. The quantitative estimate of drug-likeness (QED) is 0.426. The molecule has 0 aliphatic carbocycles. The summed E-state index contributed by atoms with van der Waals surface area (Å²) in [5.41, 5.74) is 4.68. The smallest absolute Gasteiger partial charge is 0.246 e. The molecule has 29 heavy (non-hydrogen) atoms. The van der Waals surface area contributed by atoms with Gasteiger partial charge in [0, 0.05) is 46.2 Å². The molecular formula is C24H24BrNO3. The van der Waals surface area contributed by atoms with Crippen LogP contribution in [0.4, 0.5) is 0 Å². The van der Waals surface area contributed by atoms with Crippen LogP contribution in [0.25, 0.3) is 27.7 Å². The molecule has 0 radical (unpaired) electrons. The molecule has 5 heteroatoms. The minimum atomic E-state index is 0.0713. The van der Waals surface area contributed by atoms with E-state index in [1.165, 1.54) is 0 Å². The number of ether oxygens (including phenoxy) is 1. The maximum absolute atomic E-state index is 12.6. The summed E-state index contributed by atoms with van der Waals surface area (Å²) in [6.45, 7) is 6.16. The molecule has 0 saturated carbocycles. The van der Waals surface area contributed by atoms with E-state index in [9.17, 15) is 4.79 Å². The molecule has 3 aromatic rings. The van der Waals surface area contributed by atoms with Crippen LogP contribution < -0.4 is 4.74 Å². The van der Waals surface area contributed by atoms with Gasteiger partial charge in [0.25, 0.3) is 0 Å². The van der Waals surface area contributed by atoms with E-state index in [0.29, 0.717) is 6.61 Å². The van der Waals surface area contributed by atoms with E-state index < -0.39 is 0 Å². The Bertz CT molecular complexity index is 1080. The molecule has 2 heterocycles. The van der Waals surface area contributed by atoms with E-state index in [-0.39, 0.29) is 5.91 Å². The number of amides is 1. The Morgan fingerprint density at radius 3 is 2.76 bits per heavy atom. The van der Waals surface area contributed by atoms with Gasteiger partial charge in [-0.3, -0.25) is 4.79 Å². The molecule has 4 rings (SSSR count). The van der Waals surface area contributed by atoms with Crippen LogP contribution in [0.5, 0.6) is 5.75 Å². The van der Waals surface area contributed by atoms with Gasteiger partial charge in [-0.25, -0.2) is 0 Å². The van der Waals surface area contributed by atoms with Gasteiger partial charge < -0.3 is 14.1 Å². The van der Waals surface area contributed by atoms with Crippen molar-refractivity contribution in [2.45, 2.75) is 26.7 Å². The Balaban J connectivity index is 1.79. The molecule has 2 aromatic carbocycles. The second-order valence-corrected chi connectivity index (χ2v) is 8.21. The number of fused-ring (bicyclic) bond motifs is 1. The van der Waals surface area contributed by atoms with E-state index in [0.717, 1.165) is 69.4 Å². The normalized spacial score (nSPS) is 14.6. The fraction of sp³-hybridized carbons (Fsp3) is 0.292. The van der Waals surface area contributed by atoms with Crippen LogP contribution >= 0.6 is 15.9 Å². The van der Waals surface area contributed by atoms with E-state index in [4.69, 9.17) is 9.15 Å². The van der Waals surface area contributed by atoms with Crippen molar-refractivity contribution >= 4 is 38.4 Å². The Kier molecular flexibility index (Phi) is 5.76. The lowest BCUT2D eigenvalue weighted by Crippen LogP contribution is -2.25. The van der Waals surface area contributed by atoms with Crippen molar-refractivity contribution in [1.29, 1.82) is 0 Å². The van der Waals surface area contributed by atoms with Crippen LogP contribution in [0.1, 0.15) is 32.3 Å². The van der Waals surface area contributed by atoms with Crippen LogP contribution in [0.15, 0.2) is 57.6 Å². The lowest BCUT2D eigenvalue weighted by Gasteiger charge is -2.15. The number of rotatable bonds is 5. The van der Waals surface area contributed by atoms with Crippen molar-refractivity contribution in [2.24, 2.45) is 0 Å². The van der Waals surface area contributed by atoms with Crippen molar-refractivity contribution in [3.63, 3.8) is 0 Å². The summed E-state index contributed by atoms with van der Waals surface area (Å²) < 4.78 is 12.7. The molecule has 4 nitrogen and oxygen atoms in total. The first kappa shape index (κ1) is 19.8. The van der Waals surface area contributed by atoms with Crippen molar-refractivity contribution in [3.05, 3.63) is 58.8 Å². The molecule has 1 amide bonds. The highest BCUT2D eigenvalue weighted by molar-refractivity contribution is 9.10. The number of benzene rings is 2. The number of hydrogen-bond acceptors (Lipinski definition) is 3. The molecule has 0 spiro atoms. The number of likely N-dealkylation sites (tertiary alicyclic amines) is 1. The van der Waals surface area contributed by atoms with Crippen molar-refractivity contribution < 1.29 is 13.9 Å². The molecule has 0 N–H and O–H groups in total. The van der Waals surface area contributed by atoms with Gasteiger partial charge in [-0.05, 0) is 56.0 Å². The van der Waals surface area contributed by atoms with Gasteiger partial charge in [-0.1, -0.05) is 28.1 Å². The second kappa shape index (κ2) is 8.46. The van der Waals surface area contributed by atoms with E-state index >= 15 is 0 Å². The molecule has 150 valence electrons. The lowest BCUT2D eigenvalue weighted by atomic mass is 9.99. The molecule has 1 saturated heterocycles. The van der Waals surface area contributed by atoms with E-state index in [1.54, 1.807) is 12.3 Å². The van der Waals surface area contributed by atoms with E-state index in [1.807, 2.05) is 36.9 Å². The van der Waals surface area contributed by atoms with Gasteiger partial charge in [0.2, 0.25) is 5.91 Å². The number of furan rings is 1. The SMILES string of the molecule is CCOc1cc2occ(-c3cccc(Br)c3)c2cc1/C(C)=C/C(=O)N1CCCC1. The third-order valence-electron chi connectivity index (χ3n) is 5.29. The Hall–Kier alpha value is -2.53. The second-order valence-electron chi connectivity index (χ2n) is 7.30. The number of carbonyl (C=O) groups excluding carboxylic acids is 1. The van der Waals surface area contributed by atoms with Crippen LogP contribution in [-0.2, 0) is 4.79 Å². The van der Waals surface area contributed by atoms with Gasteiger partial charge in [-0.2, -0.15) is 0 Å². The largest absolute Gasteiger partial charge is 0.493 e. The zero-order valence-electron chi connectivity index (χ0n) is 16.7. The van der Waals surface area contributed by atoms with Gasteiger partial charge in [0.1, 0.15) is 11.3 Å². The monoisotopic (exact) mass is 453 g/mol. The van der Waals surface area contributed by atoms with E-state index in [2.05, 4.69) is 34.1 Å². The molecule has 1 aliphatic heterocycles. The summed E-state index contributed by atoms with van der Waals surface area (Å²) >= 11 is 3.54. The Morgan fingerprint density at radius 2 is 2.03 bits per heavy atom. The number of nitrogens with zero attached hydrogens (tertiary/aromatic N) is 1. The summed E-state index contributed by atoms with van der Waals surface area (Å²) in [6, 6.07) is 12.1. The zero-order valence-corrected chi connectivity index (χ0v) is 18.3. The highest BCUT2D eigenvalue weighted by Crippen LogP contribution is 2.38. The van der Waals surface area contributed by atoms with Gasteiger partial charge >= 0.3 is 0 Å². The molecule has 1 fully saturated rings. The maximum atomic E-state index is 12.6. The summed E-state index contributed by atoms with van der Waals surface area (Å²) in [5.74, 6) is 0.806. The maximum Gasteiger partial charge on any atom is 0.246 e. The van der Waals surface area contributed by atoms with Crippen molar-refractivity contribution in [3.8, 4) is 16.9 Å². The fourth-order valence-corrected chi connectivity index (χ4v) is 4.21. The highest BCUT2D eigenvalue weighted by Gasteiger charge is 2.18. The van der Waals surface area contributed by atoms with Crippen molar-refractivity contribution in [2.75, 3.05) is 19.7 Å². The molecule has 1 aromatic heterocycles. The van der Waals surface area contributed by atoms with Gasteiger partial charge in [-0.15, -0.1) is 0 Å². The zero-order chi connectivity index (χ0) is 20.4. The minimum Gasteiger partial charge on any atom is -0.493 e.